The molecule has 0 radical (unpaired) electrons. The molecule has 0 saturated carbocycles. The Labute approximate surface area is 188 Å². The molecular formula is C24H28ClN3O3. The third-order valence-electron chi connectivity index (χ3n) is 6.11. The van der Waals surface area contributed by atoms with E-state index in [9.17, 15) is 9.59 Å². The van der Waals surface area contributed by atoms with Crippen molar-refractivity contribution in [2.45, 2.75) is 25.4 Å². The van der Waals surface area contributed by atoms with Gasteiger partial charge in [0, 0.05) is 54.9 Å². The number of carbonyl (C=O) groups excluding carboxylic acids is 2. The molecule has 1 unspecified atom stereocenters. The Morgan fingerprint density at radius 1 is 1.00 bits per heavy atom. The molecule has 0 aromatic heterocycles. The maximum absolute atomic E-state index is 13.1. The topological polar surface area (TPSA) is 53.1 Å². The predicted molar refractivity (Wildman–Crippen MR) is 120 cm³/mol. The van der Waals surface area contributed by atoms with Crippen molar-refractivity contribution in [1.29, 1.82) is 0 Å². The van der Waals surface area contributed by atoms with Gasteiger partial charge in [-0.2, -0.15) is 0 Å². The number of rotatable bonds is 4. The van der Waals surface area contributed by atoms with Gasteiger partial charge >= 0.3 is 0 Å². The lowest BCUT2D eigenvalue weighted by atomic mass is 9.92. The van der Waals surface area contributed by atoms with Gasteiger partial charge in [-0.1, -0.05) is 29.8 Å². The highest BCUT2D eigenvalue weighted by molar-refractivity contribution is 6.30. The van der Waals surface area contributed by atoms with Gasteiger partial charge in [0.2, 0.25) is 0 Å². The van der Waals surface area contributed by atoms with Crippen molar-refractivity contribution >= 4 is 23.4 Å². The van der Waals surface area contributed by atoms with Crippen LogP contribution in [0.2, 0.25) is 5.02 Å². The summed E-state index contributed by atoms with van der Waals surface area (Å²) in [4.78, 5) is 32.1. The standard InChI is InChI=1S/C24H28ClN3O3/c1-24(2)17-27(23(30)18-8-10-19(25)11-9-18)15-20-14-26(12-13-28(20)24)22(29)16-31-21-6-4-3-5-7-21/h3-11,20H,12-17H2,1-2H3. The lowest BCUT2D eigenvalue weighted by Crippen LogP contribution is -2.70. The summed E-state index contributed by atoms with van der Waals surface area (Å²) in [7, 11) is 0. The van der Waals surface area contributed by atoms with Gasteiger partial charge < -0.3 is 14.5 Å². The number of para-hydroxylation sites is 1. The second kappa shape index (κ2) is 8.89. The lowest BCUT2D eigenvalue weighted by Gasteiger charge is -2.55. The van der Waals surface area contributed by atoms with Crippen molar-refractivity contribution in [2.75, 3.05) is 39.3 Å². The lowest BCUT2D eigenvalue weighted by molar-refractivity contribution is -0.140. The minimum absolute atomic E-state index is 0.000234. The molecule has 7 heteroatoms. The van der Waals surface area contributed by atoms with Crippen LogP contribution in [0.15, 0.2) is 54.6 Å². The summed E-state index contributed by atoms with van der Waals surface area (Å²) in [5.74, 6) is 0.663. The molecule has 6 nitrogen and oxygen atoms in total. The van der Waals surface area contributed by atoms with Crippen molar-refractivity contribution in [3.63, 3.8) is 0 Å². The number of hydrogen-bond donors (Lipinski definition) is 0. The molecule has 2 fully saturated rings. The van der Waals surface area contributed by atoms with Gasteiger partial charge in [-0.25, -0.2) is 0 Å². The molecule has 164 valence electrons. The van der Waals surface area contributed by atoms with E-state index in [0.29, 0.717) is 42.5 Å². The van der Waals surface area contributed by atoms with Crippen molar-refractivity contribution in [3.05, 3.63) is 65.2 Å². The first kappa shape index (κ1) is 21.7. The maximum atomic E-state index is 13.1. The average Bonchev–Trinajstić information content (AvgIpc) is 2.77. The van der Waals surface area contributed by atoms with Crippen molar-refractivity contribution < 1.29 is 14.3 Å². The van der Waals surface area contributed by atoms with Gasteiger partial charge in [0.15, 0.2) is 6.61 Å². The normalized spacial score (nSPS) is 20.8. The number of ether oxygens (including phenoxy) is 1. The minimum Gasteiger partial charge on any atom is -0.484 e. The van der Waals surface area contributed by atoms with Crippen LogP contribution in [-0.4, -0.2) is 77.4 Å². The number of nitrogens with zero attached hydrogens (tertiary/aromatic N) is 3. The van der Waals surface area contributed by atoms with Crippen LogP contribution in [0, 0.1) is 0 Å². The van der Waals surface area contributed by atoms with E-state index < -0.39 is 0 Å². The summed E-state index contributed by atoms with van der Waals surface area (Å²) in [6.45, 7) is 7.64. The predicted octanol–water partition coefficient (Wildman–Crippen LogP) is 3.17. The molecule has 2 aromatic rings. The quantitative estimate of drug-likeness (QED) is 0.731. The number of hydrogen-bond acceptors (Lipinski definition) is 4. The van der Waals surface area contributed by atoms with Crippen LogP contribution in [0.3, 0.4) is 0 Å². The molecule has 2 amide bonds. The summed E-state index contributed by atoms with van der Waals surface area (Å²) < 4.78 is 5.64. The number of halogens is 1. The van der Waals surface area contributed by atoms with E-state index in [2.05, 4.69) is 18.7 Å². The van der Waals surface area contributed by atoms with Gasteiger partial charge in [-0.3, -0.25) is 14.5 Å². The molecule has 0 bridgehead atoms. The molecule has 0 N–H and O–H groups in total. The van der Waals surface area contributed by atoms with Crippen molar-refractivity contribution in [1.82, 2.24) is 14.7 Å². The highest BCUT2D eigenvalue weighted by Crippen LogP contribution is 2.29. The average molecular weight is 442 g/mol. The zero-order valence-electron chi connectivity index (χ0n) is 18.0. The Kier molecular flexibility index (Phi) is 6.21. The molecule has 2 aliphatic rings. The van der Waals surface area contributed by atoms with Gasteiger partial charge in [-0.05, 0) is 50.2 Å². The van der Waals surface area contributed by atoms with Gasteiger partial charge in [0.1, 0.15) is 5.75 Å². The first-order valence-corrected chi connectivity index (χ1v) is 11.0. The van der Waals surface area contributed by atoms with Gasteiger partial charge in [-0.15, -0.1) is 0 Å². The number of carbonyl (C=O) groups is 2. The van der Waals surface area contributed by atoms with Gasteiger partial charge in [0.05, 0.1) is 0 Å². The van der Waals surface area contributed by atoms with E-state index in [1.165, 1.54) is 0 Å². The summed E-state index contributed by atoms with van der Waals surface area (Å²) in [5.41, 5.74) is 0.467. The third kappa shape index (κ3) is 4.86. The van der Waals surface area contributed by atoms with E-state index in [1.807, 2.05) is 40.1 Å². The van der Waals surface area contributed by atoms with Crippen LogP contribution in [0.4, 0.5) is 0 Å². The summed E-state index contributed by atoms with van der Waals surface area (Å²) in [5, 5.41) is 0.612. The first-order chi connectivity index (χ1) is 14.8. The van der Waals surface area contributed by atoms with Crippen molar-refractivity contribution in [2.24, 2.45) is 0 Å². The number of amides is 2. The fourth-order valence-electron chi connectivity index (χ4n) is 4.59. The van der Waals surface area contributed by atoms with Crippen molar-refractivity contribution in [3.8, 4) is 5.75 Å². The van der Waals surface area contributed by atoms with Crippen LogP contribution in [0.5, 0.6) is 5.75 Å². The third-order valence-corrected chi connectivity index (χ3v) is 6.36. The highest BCUT2D eigenvalue weighted by atomic mass is 35.5. The second-order valence-corrected chi connectivity index (χ2v) is 9.23. The molecule has 2 aliphatic heterocycles. The maximum Gasteiger partial charge on any atom is 0.260 e. The fourth-order valence-corrected chi connectivity index (χ4v) is 4.72. The second-order valence-electron chi connectivity index (χ2n) is 8.79. The molecule has 0 aliphatic carbocycles. The Morgan fingerprint density at radius 3 is 2.39 bits per heavy atom. The Hall–Kier alpha value is -2.57. The van der Waals surface area contributed by atoms with E-state index in [4.69, 9.17) is 16.3 Å². The Balaban J connectivity index is 1.42. The van der Waals surface area contributed by atoms with Crippen LogP contribution >= 0.6 is 11.6 Å². The van der Waals surface area contributed by atoms with E-state index in [-0.39, 0.29) is 30.0 Å². The largest absolute Gasteiger partial charge is 0.484 e. The molecular weight excluding hydrogens is 414 g/mol. The molecule has 0 spiro atoms. The summed E-state index contributed by atoms with van der Waals surface area (Å²) in [6, 6.07) is 16.5. The van der Waals surface area contributed by atoms with Crippen LogP contribution < -0.4 is 4.74 Å². The molecule has 1 atom stereocenters. The van der Waals surface area contributed by atoms with Gasteiger partial charge in [0.25, 0.3) is 11.8 Å². The molecule has 2 heterocycles. The summed E-state index contributed by atoms with van der Waals surface area (Å²) >= 11 is 5.97. The molecule has 2 aromatic carbocycles. The molecule has 4 rings (SSSR count). The van der Waals surface area contributed by atoms with Crippen LogP contribution in [0.25, 0.3) is 0 Å². The van der Waals surface area contributed by atoms with Crippen LogP contribution in [-0.2, 0) is 4.79 Å². The summed E-state index contributed by atoms with van der Waals surface area (Å²) in [6.07, 6.45) is 0. The first-order valence-electron chi connectivity index (χ1n) is 10.6. The highest BCUT2D eigenvalue weighted by Gasteiger charge is 2.44. The zero-order chi connectivity index (χ0) is 22.0. The fraction of sp³-hybridized carbons (Fsp3) is 0.417. The minimum atomic E-state index is -0.166. The Morgan fingerprint density at radius 2 is 1.68 bits per heavy atom. The Bertz CT molecular complexity index is 933. The zero-order valence-corrected chi connectivity index (χ0v) is 18.7. The smallest absolute Gasteiger partial charge is 0.260 e. The van der Waals surface area contributed by atoms with Crippen LogP contribution in [0.1, 0.15) is 24.2 Å². The number of piperazine rings is 2. The SMILES string of the molecule is CC1(C)CN(C(=O)c2ccc(Cl)cc2)CC2CN(C(=O)COc3ccccc3)CCN21. The monoisotopic (exact) mass is 441 g/mol. The van der Waals surface area contributed by atoms with E-state index in [0.717, 1.165) is 6.54 Å². The molecule has 2 saturated heterocycles. The number of benzene rings is 2. The number of fused-ring (bicyclic) bond motifs is 1. The van der Waals surface area contributed by atoms with E-state index >= 15 is 0 Å². The molecule has 31 heavy (non-hydrogen) atoms. The van der Waals surface area contributed by atoms with E-state index in [1.54, 1.807) is 24.3 Å².